The number of hydrogen-bond donors (Lipinski definition) is 3. The molecule has 0 amide bonds. The maximum atomic E-state index is 8.05. The molecule has 3 rings (SSSR count). The summed E-state index contributed by atoms with van der Waals surface area (Å²) < 4.78 is 8.04. The molecule has 0 unspecified atom stereocenters. The summed E-state index contributed by atoms with van der Waals surface area (Å²) >= 11 is 0. The van der Waals surface area contributed by atoms with Crippen LogP contribution in [0.1, 0.15) is 39.4 Å². The topological polar surface area (TPSA) is 102 Å². The molecule has 30 heavy (non-hydrogen) atoms. The first-order valence-corrected chi connectivity index (χ1v) is 10.3. The van der Waals surface area contributed by atoms with Crippen LogP contribution in [-0.4, -0.2) is 33.4 Å². The standard InChI is InChI=1S/C23H30N6O/c1-5-17-12-21-22(29(17)15(3)4)20(27-14-16(25)9-10-24)13-19(28-21)18-8-7-11-26-23(18)30-6-2/h7-13,15,25H,5-6,14,24H2,1-4H3,(H,27,28)/b10-9-,25-16?. The Morgan fingerprint density at radius 2 is 2.13 bits per heavy atom. The number of ether oxygens (including phenoxy) is 1. The molecule has 3 aromatic rings. The Bertz CT molecular complexity index is 1070. The van der Waals surface area contributed by atoms with Gasteiger partial charge in [0.15, 0.2) is 0 Å². The summed E-state index contributed by atoms with van der Waals surface area (Å²) in [6.07, 6.45) is 5.59. The third-order valence-electron chi connectivity index (χ3n) is 4.85. The number of nitrogens with one attached hydrogen (secondary N) is 2. The molecule has 3 aromatic heterocycles. The van der Waals surface area contributed by atoms with Crippen LogP contribution in [0, 0.1) is 5.41 Å². The maximum Gasteiger partial charge on any atom is 0.222 e. The van der Waals surface area contributed by atoms with Crippen LogP contribution in [0.2, 0.25) is 0 Å². The van der Waals surface area contributed by atoms with Crippen LogP contribution in [0.15, 0.2) is 42.7 Å². The number of aromatic nitrogens is 3. The molecule has 0 spiro atoms. The number of fused-ring (bicyclic) bond motifs is 1. The van der Waals surface area contributed by atoms with E-state index in [1.165, 1.54) is 11.9 Å². The summed E-state index contributed by atoms with van der Waals surface area (Å²) in [4.78, 5) is 9.33. The van der Waals surface area contributed by atoms with E-state index in [2.05, 4.69) is 41.7 Å². The number of nitrogens with two attached hydrogens (primary N) is 1. The number of aryl methyl sites for hydroxylation is 1. The quantitative estimate of drug-likeness (QED) is 0.453. The van der Waals surface area contributed by atoms with Gasteiger partial charge < -0.3 is 25.8 Å². The largest absolute Gasteiger partial charge is 0.477 e. The summed E-state index contributed by atoms with van der Waals surface area (Å²) in [7, 11) is 0. The Hall–Kier alpha value is -3.35. The lowest BCUT2D eigenvalue weighted by atomic mass is 10.1. The molecule has 158 valence electrons. The van der Waals surface area contributed by atoms with Crippen LogP contribution < -0.4 is 15.8 Å². The van der Waals surface area contributed by atoms with E-state index in [-0.39, 0.29) is 6.04 Å². The van der Waals surface area contributed by atoms with Crippen LogP contribution in [0.5, 0.6) is 5.88 Å². The van der Waals surface area contributed by atoms with E-state index >= 15 is 0 Å². The van der Waals surface area contributed by atoms with Gasteiger partial charge in [-0.05, 0) is 63.7 Å². The van der Waals surface area contributed by atoms with Crippen molar-refractivity contribution in [1.29, 1.82) is 5.41 Å². The molecule has 0 saturated heterocycles. The van der Waals surface area contributed by atoms with Gasteiger partial charge in [-0.15, -0.1) is 0 Å². The van der Waals surface area contributed by atoms with Crippen molar-refractivity contribution < 1.29 is 4.74 Å². The van der Waals surface area contributed by atoms with Crippen LogP contribution in [0.3, 0.4) is 0 Å². The summed E-state index contributed by atoms with van der Waals surface area (Å²) in [6.45, 7) is 9.33. The van der Waals surface area contributed by atoms with E-state index in [9.17, 15) is 0 Å². The molecule has 0 atom stereocenters. The second-order valence-electron chi connectivity index (χ2n) is 7.27. The summed E-state index contributed by atoms with van der Waals surface area (Å²) in [5.74, 6) is 0.565. The predicted octanol–water partition coefficient (Wildman–Crippen LogP) is 4.54. The molecule has 0 aliphatic rings. The van der Waals surface area contributed by atoms with Crippen molar-refractivity contribution in [2.24, 2.45) is 5.73 Å². The highest BCUT2D eigenvalue weighted by molar-refractivity contribution is 5.98. The average Bonchev–Trinajstić information content (AvgIpc) is 3.12. The molecular formula is C23H30N6O. The van der Waals surface area contributed by atoms with Gasteiger partial charge >= 0.3 is 0 Å². The Kier molecular flexibility index (Phi) is 6.72. The Morgan fingerprint density at radius 1 is 1.33 bits per heavy atom. The summed E-state index contributed by atoms with van der Waals surface area (Å²) in [5, 5.41) is 11.5. The minimum atomic E-state index is 0.284. The van der Waals surface area contributed by atoms with Crippen LogP contribution >= 0.6 is 0 Å². The zero-order valence-electron chi connectivity index (χ0n) is 18.1. The molecule has 0 radical (unpaired) electrons. The smallest absolute Gasteiger partial charge is 0.222 e. The van der Waals surface area contributed by atoms with Crippen molar-refractivity contribution in [1.82, 2.24) is 14.5 Å². The molecule has 3 heterocycles. The third-order valence-corrected chi connectivity index (χ3v) is 4.85. The van der Waals surface area contributed by atoms with Crippen LogP contribution in [0.25, 0.3) is 22.3 Å². The molecule has 0 bridgehead atoms. The van der Waals surface area contributed by atoms with Gasteiger partial charge in [0.25, 0.3) is 0 Å². The molecule has 7 nitrogen and oxygen atoms in total. The van der Waals surface area contributed by atoms with Gasteiger partial charge in [-0.3, -0.25) is 0 Å². The van der Waals surface area contributed by atoms with Crippen molar-refractivity contribution in [2.75, 3.05) is 18.5 Å². The predicted molar refractivity (Wildman–Crippen MR) is 123 cm³/mol. The van der Waals surface area contributed by atoms with Gasteiger partial charge in [-0.1, -0.05) is 6.92 Å². The van der Waals surface area contributed by atoms with Crippen molar-refractivity contribution in [2.45, 2.75) is 40.2 Å². The number of pyridine rings is 2. The second kappa shape index (κ2) is 9.43. The number of nitrogens with zero attached hydrogens (tertiary/aromatic N) is 3. The zero-order chi connectivity index (χ0) is 21.7. The summed E-state index contributed by atoms with van der Waals surface area (Å²) in [5.41, 5.74) is 11.6. The fourth-order valence-corrected chi connectivity index (χ4v) is 3.62. The van der Waals surface area contributed by atoms with Gasteiger partial charge in [-0.25, -0.2) is 9.97 Å². The maximum absolute atomic E-state index is 8.05. The highest BCUT2D eigenvalue weighted by Crippen LogP contribution is 2.35. The SMILES string of the molecule is CCOc1ncccc1-c1cc(NCC(=N)/C=C\N)c2c(cc(CC)n2C(C)C)n1. The van der Waals surface area contributed by atoms with E-state index in [0.717, 1.165) is 34.4 Å². The molecule has 4 N–H and O–H groups in total. The number of rotatable bonds is 9. The lowest BCUT2D eigenvalue weighted by Crippen LogP contribution is -2.13. The molecule has 0 fully saturated rings. The molecule has 7 heteroatoms. The van der Waals surface area contributed by atoms with Gasteiger partial charge in [0.05, 0.1) is 46.8 Å². The van der Waals surface area contributed by atoms with Crippen molar-refractivity contribution in [3.05, 3.63) is 48.4 Å². The van der Waals surface area contributed by atoms with Gasteiger partial charge in [-0.2, -0.15) is 0 Å². The van der Waals surface area contributed by atoms with Gasteiger partial charge in [0.1, 0.15) is 0 Å². The first-order valence-electron chi connectivity index (χ1n) is 10.3. The number of hydrogen-bond acceptors (Lipinski definition) is 6. The fraction of sp³-hybridized carbons (Fsp3) is 0.348. The normalized spacial score (nSPS) is 11.5. The third kappa shape index (κ3) is 4.30. The molecular weight excluding hydrogens is 376 g/mol. The first kappa shape index (κ1) is 21.4. The van der Waals surface area contributed by atoms with Crippen molar-refractivity contribution in [3.63, 3.8) is 0 Å². The minimum absolute atomic E-state index is 0.284. The minimum Gasteiger partial charge on any atom is -0.477 e. The average molecular weight is 407 g/mol. The van der Waals surface area contributed by atoms with E-state index in [1.807, 2.05) is 25.1 Å². The Labute approximate surface area is 177 Å². The van der Waals surface area contributed by atoms with Gasteiger partial charge in [0, 0.05) is 17.9 Å². The van der Waals surface area contributed by atoms with Gasteiger partial charge in [0.2, 0.25) is 5.88 Å². The number of anilines is 1. The van der Waals surface area contributed by atoms with E-state index in [0.29, 0.717) is 24.7 Å². The van der Waals surface area contributed by atoms with Crippen molar-refractivity contribution in [3.8, 4) is 17.1 Å². The molecule has 0 aromatic carbocycles. The van der Waals surface area contributed by atoms with E-state index in [1.54, 1.807) is 12.3 Å². The lowest BCUT2D eigenvalue weighted by molar-refractivity contribution is 0.328. The zero-order valence-corrected chi connectivity index (χ0v) is 18.1. The van der Waals surface area contributed by atoms with E-state index in [4.69, 9.17) is 20.9 Å². The molecule has 0 aliphatic heterocycles. The second-order valence-corrected chi connectivity index (χ2v) is 7.27. The van der Waals surface area contributed by atoms with Crippen molar-refractivity contribution >= 4 is 22.4 Å². The Morgan fingerprint density at radius 3 is 2.80 bits per heavy atom. The van der Waals surface area contributed by atoms with Crippen LogP contribution in [-0.2, 0) is 6.42 Å². The fourth-order valence-electron chi connectivity index (χ4n) is 3.62. The highest BCUT2D eigenvalue weighted by Gasteiger charge is 2.18. The lowest BCUT2D eigenvalue weighted by Gasteiger charge is -2.18. The molecule has 0 aliphatic carbocycles. The Balaban J connectivity index is 2.20. The molecule has 0 saturated carbocycles. The van der Waals surface area contributed by atoms with Crippen LogP contribution in [0.4, 0.5) is 5.69 Å². The van der Waals surface area contributed by atoms with E-state index < -0.39 is 0 Å². The highest BCUT2D eigenvalue weighted by atomic mass is 16.5. The monoisotopic (exact) mass is 406 g/mol. The summed E-state index contributed by atoms with van der Waals surface area (Å²) in [6, 6.07) is 8.29. The first-order chi connectivity index (χ1) is 14.5.